The molecule has 1 aromatic heterocycles. The summed E-state index contributed by atoms with van der Waals surface area (Å²) >= 11 is 1.65. The summed E-state index contributed by atoms with van der Waals surface area (Å²) in [5.74, 6) is 2.30. The van der Waals surface area contributed by atoms with Crippen LogP contribution in [0.25, 0.3) is 5.69 Å². The summed E-state index contributed by atoms with van der Waals surface area (Å²) in [6.07, 6.45) is 3.62. The fraction of sp³-hybridized carbons (Fsp3) is 0.500. The van der Waals surface area contributed by atoms with Crippen LogP contribution in [0.5, 0.6) is 0 Å². The Morgan fingerprint density at radius 3 is 2.71 bits per heavy atom. The number of hydrogen-bond acceptors (Lipinski definition) is 5. The molecule has 1 heterocycles. The van der Waals surface area contributed by atoms with Crippen LogP contribution in [0.1, 0.15) is 49.9 Å². The van der Waals surface area contributed by atoms with E-state index < -0.39 is 0 Å². The molecule has 0 radical (unpaired) electrons. The first-order valence-corrected chi connectivity index (χ1v) is 9.48. The summed E-state index contributed by atoms with van der Waals surface area (Å²) in [6.45, 7) is 4.36. The molecular weight excluding hydrogens is 322 g/mol. The maximum atomic E-state index is 11.4. The van der Waals surface area contributed by atoms with Gasteiger partial charge >= 0.3 is 5.97 Å². The number of aryl methyl sites for hydroxylation is 1. The molecule has 1 aromatic carbocycles. The SMILES string of the molecule is CCOC(=O)CCCSc1nnc(C2CC2)n1-c1ccc(C)cc1. The van der Waals surface area contributed by atoms with Crippen LogP contribution in [0.3, 0.4) is 0 Å². The van der Waals surface area contributed by atoms with Crippen molar-refractivity contribution in [1.82, 2.24) is 14.8 Å². The van der Waals surface area contributed by atoms with E-state index >= 15 is 0 Å². The highest BCUT2D eigenvalue weighted by Gasteiger charge is 2.30. The number of aromatic nitrogens is 3. The predicted molar refractivity (Wildman–Crippen MR) is 94.7 cm³/mol. The molecule has 0 saturated heterocycles. The Bertz CT molecular complexity index is 693. The minimum Gasteiger partial charge on any atom is -0.466 e. The van der Waals surface area contributed by atoms with E-state index in [1.807, 2.05) is 6.92 Å². The summed E-state index contributed by atoms with van der Waals surface area (Å²) in [5.41, 5.74) is 2.35. The lowest BCUT2D eigenvalue weighted by Gasteiger charge is -2.10. The van der Waals surface area contributed by atoms with E-state index in [4.69, 9.17) is 4.74 Å². The molecule has 0 N–H and O–H groups in total. The predicted octanol–water partition coefficient (Wildman–Crippen LogP) is 3.89. The molecule has 0 unspecified atom stereocenters. The highest BCUT2D eigenvalue weighted by Crippen LogP contribution is 2.41. The van der Waals surface area contributed by atoms with Crippen LogP contribution < -0.4 is 0 Å². The third-order valence-corrected chi connectivity index (χ3v) is 4.97. The molecule has 0 bridgehead atoms. The number of carbonyl (C=O) groups excluding carboxylic acids is 1. The van der Waals surface area contributed by atoms with Gasteiger partial charge in [0.1, 0.15) is 5.82 Å². The zero-order valence-corrected chi connectivity index (χ0v) is 15.0. The Morgan fingerprint density at radius 2 is 2.04 bits per heavy atom. The third-order valence-electron chi connectivity index (χ3n) is 3.95. The second-order valence-electron chi connectivity index (χ2n) is 6.04. The molecule has 3 rings (SSSR count). The Hall–Kier alpha value is -1.82. The van der Waals surface area contributed by atoms with Gasteiger partial charge in [-0.05, 0) is 45.2 Å². The third kappa shape index (κ3) is 4.17. The van der Waals surface area contributed by atoms with Gasteiger partial charge in [0.15, 0.2) is 5.16 Å². The molecule has 128 valence electrons. The van der Waals surface area contributed by atoms with Crippen LogP contribution in [0.15, 0.2) is 29.4 Å². The normalized spacial score (nSPS) is 13.9. The molecule has 1 fully saturated rings. The topological polar surface area (TPSA) is 57.0 Å². The quantitative estimate of drug-likeness (QED) is 0.413. The van der Waals surface area contributed by atoms with Crippen LogP contribution in [0, 0.1) is 6.92 Å². The lowest BCUT2D eigenvalue weighted by atomic mass is 10.2. The van der Waals surface area contributed by atoms with Gasteiger partial charge in [-0.1, -0.05) is 29.5 Å². The largest absolute Gasteiger partial charge is 0.466 e. The zero-order valence-electron chi connectivity index (χ0n) is 14.2. The highest BCUT2D eigenvalue weighted by molar-refractivity contribution is 7.99. The van der Waals surface area contributed by atoms with Crippen molar-refractivity contribution in [2.45, 2.75) is 50.6 Å². The van der Waals surface area contributed by atoms with E-state index in [1.165, 1.54) is 18.4 Å². The molecule has 0 aliphatic heterocycles. The molecule has 1 aliphatic rings. The first kappa shape index (κ1) is 17.0. The molecule has 1 saturated carbocycles. The van der Waals surface area contributed by atoms with Crippen molar-refractivity contribution < 1.29 is 9.53 Å². The zero-order chi connectivity index (χ0) is 16.9. The molecule has 1 aliphatic carbocycles. The number of thioether (sulfide) groups is 1. The van der Waals surface area contributed by atoms with Crippen LogP contribution in [0.4, 0.5) is 0 Å². The van der Waals surface area contributed by atoms with Gasteiger partial charge in [0.2, 0.25) is 0 Å². The Balaban J connectivity index is 1.69. The lowest BCUT2D eigenvalue weighted by molar-refractivity contribution is -0.143. The van der Waals surface area contributed by atoms with Crippen molar-refractivity contribution in [2.75, 3.05) is 12.4 Å². The number of ether oxygens (including phenoxy) is 1. The van der Waals surface area contributed by atoms with E-state index in [1.54, 1.807) is 11.8 Å². The molecule has 0 spiro atoms. The van der Waals surface area contributed by atoms with Gasteiger partial charge in [-0.2, -0.15) is 0 Å². The van der Waals surface area contributed by atoms with E-state index in [9.17, 15) is 4.79 Å². The van der Waals surface area contributed by atoms with Gasteiger partial charge in [0, 0.05) is 23.8 Å². The van der Waals surface area contributed by atoms with Gasteiger partial charge in [-0.25, -0.2) is 0 Å². The van der Waals surface area contributed by atoms with Crippen molar-refractivity contribution in [3.63, 3.8) is 0 Å². The van der Waals surface area contributed by atoms with E-state index in [0.717, 1.165) is 28.8 Å². The summed E-state index contributed by atoms with van der Waals surface area (Å²) < 4.78 is 7.13. The molecule has 5 nitrogen and oxygen atoms in total. The number of carbonyl (C=O) groups is 1. The summed E-state index contributed by atoms with van der Waals surface area (Å²) in [6, 6.07) is 8.46. The number of nitrogens with zero attached hydrogens (tertiary/aromatic N) is 3. The number of esters is 1. The van der Waals surface area contributed by atoms with Gasteiger partial charge in [0.25, 0.3) is 0 Å². The Morgan fingerprint density at radius 1 is 1.29 bits per heavy atom. The number of hydrogen-bond donors (Lipinski definition) is 0. The fourth-order valence-corrected chi connectivity index (χ4v) is 3.43. The molecular formula is C18H23N3O2S. The van der Waals surface area contributed by atoms with Crippen molar-refractivity contribution in [1.29, 1.82) is 0 Å². The highest BCUT2D eigenvalue weighted by atomic mass is 32.2. The van der Waals surface area contributed by atoms with Crippen LogP contribution in [-0.4, -0.2) is 33.1 Å². The second-order valence-corrected chi connectivity index (χ2v) is 7.11. The molecule has 6 heteroatoms. The first-order valence-electron chi connectivity index (χ1n) is 8.49. The van der Waals surface area contributed by atoms with Gasteiger partial charge in [-0.15, -0.1) is 10.2 Å². The summed E-state index contributed by atoms with van der Waals surface area (Å²) in [7, 11) is 0. The molecule has 24 heavy (non-hydrogen) atoms. The van der Waals surface area contributed by atoms with Crippen molar-refractivity contribution in [2.24, 2.45) is 0 Å². The van der Waals surface area contributed by atoms with Crippen molar-refractivity contribution in [3.8, 4) is 5.69 Å². The molecule has 0 atom stereocenters. The fourth-order valence-electron chi connectivity index (χ4n) is 2.53. The smallest absolute Gasteiger partial charge is 0.305 e. The minimum absolute atomic E-state index is 0.128. The maximum absolute atomic E-state index is 11.4. The average Bonchev–Trinajstić information content (AvgIpc) is 3.33. The van der Waals surface area contributed by atoms with E-state index in [0.29, 0.717) is 18.9 Å². The minimum atomic E-state index is -0.128. The molecule has 0 amide bonds. The summed E-state index contributed by atoms with van der Waals surface area (Å²) in [5, 5.41) is 9.72. The van der Waals surface area contributed by atoms with E-state index in [2.05, 4.69) is 46.0 Å². The number of benzene rings is 1. The average molecular weight is 345 g/mol. The van der Waals surface area contributed by atoms with Crippen molar-refractivity contribution >= 4 is 17.7 Å². The van der Waals surface area contributed by atoms with E-state index in [-0.39, 0.29) is 5.97 Å². The monoisotopic (exact) mass is 345 g/mol. The maximum Gasteiger partial charge on any atom is 0.305 e. The van der Waals surface area contributed by atoms with Crippen LogP contribution in [-0.2, 0) is 9.53 Å². The van der Waals surface area contributed by atoms with Crippen LogP contribution in [0.2, 0.25) is 0 Å². The van der Waals surface area contributed by atoms with Crippen molar-refractivity contribution in [3.05, 3.63) is 35.7 Å². The summed E-state index contributed by atoms with van der Waals surface area (Å²) in [4.78, 5) is 11.4. The second kappa shape index (κ2) is 7.83. The standard InChI is InChI=1S/C18H23N3O2S/c1-3-23-16(22)5-4-12-24-18-20-19-17(14-8-9-14)21(18)15-10-6-13(2)7-11-15/h6-7,10-11,14H,3-5,8-9,12H2,1-2H3. The first-order chi connectivity index (χ1) is 11.7. The Labute approximate surface area is 146 Å². The molecule has 2 aromatic rings. The van der Waals surface area contributed by atoms with Gasteiger partial charge in [-0.3, -0.25) is 9.36 Å². The number of rotatable bonds is 8. The van der Waals surface area contributed by atoms with Gasteiger partial charge < -0.3 is 4.74 Å². The van der Waals surface area contributed by atoms with Crippen LogP contribution >= 0.6 is 11.8 Å². The lowest BCUT2D eigenvalue weighted by Crippen LogP contribution is -2.04. The van der Waals surface area contributed by atoms with Gasteiger partial charge in [0.05, 0.1) is 6.61 Å². The Kier molecular flexibility index (Phi) is 5.56.